The fourth-order valence-corrected chi connectivity index (χ4v) is 3.79. The Bertz CT molecular complexity index is 1110. The quantitative estimate of drug-likeness (QED) is 0.311. The predicted molar refractivity (Wildman–Crippen MR) is 131 cm³/mol. The summed E-state index contributed by atoms with van der Waals surface area (Å²) in [5.74, 6) is 0.759. The normalized spacial score (nSPS) is 11.6. The van der Waals surface area contributed by atoms with E-state index in [-0.39, 0.29) is 11.0 Å². The molecule has 0 radical (unpaired) electrons. The van der Waals surface area contributed by atoms with Crippen molar-refractivity contribution in [1.29, 1.82) is 0 Å². The molecule has 0 fully saturated rings. The van der Waals surface area contributed by atoms with Crippen molar-refractivity contribution >= 4 is 16.9 Å². The molecule has 0 aliphatic heterocycles. The summed E-state index contributed by atoms with van der Waals surface area (Å²) < 4.78 is 23.2. The van der Waals surface area contributed by atoms with Crippen LogP contribution in [0.25, 0.3) is 11.0 Å². The molecule has 7 nitrogen and oxygen atoms in total. The fraction of sp³-hybridized carbons (Fsp3) is 0.481. The van der Waals surface area contributed by atoms with Crippen LogP contribution in [0.3, 0.4) is 0 Å². The van der Waals surface area contributed by atoms with Gasteiger partial charge in [-0.25, -0.2) is 4.79 Å². The van der Waals surface area contributed by atoms with Gasteiger partial charge in [-0.2, -0.15) is 0 Å². The second-order valence-corrected chi connectivity index (χ2v) is 9.49. The van der Waals surface area contributed by atoms with Crippen molar-refractivity contribution in [3.8, 4) is 17.2 Å². The van der Waals surface area contributed by atoms with Crippen molar-refractivity contribution in [3.63, 3.8) is 0 Å². The van der Waals surface area contributed by atoms with Crippen molar-refractivity contribution in [2.45, 2.75) is 60.3 Å². The number of fused-ring (bicyclic) bond motifs is 1. The van der Waals surface area contributed by atoms with Gasteiger partial charge in [-0.15, -0.1) is 0 Å². The molecule has 0 spiro atoms. The molecule has 3 rings (SSSR count). The second kappa shape index (κ2) is 11.3. The van der Waals surface area contributed by atoms with E-state index in [1.54, 1.807) is 6.07 Å². The van der Waals surface area contributed by atoms with E-state index in [2.05, 4.69) is 32.9 Å². The van der Waals surface area contributed by atoms with Crippen LogP contribution in [0.5, 0.6) is 17.2 Å². The number of hydrogen-bond donors (Lipinski definition) is 1. The summed E-state index contributed by atoms with van der Waals surface area (Å²) in [7, 11) is 0. The van der Waals surface area contributed by atoms with E-state index in [9.17, 15) is 9.90 Å². The first-order valence-corrected chi connectivity index (χ1v) is 11.9. The first-order chi connectivity index (χ1) is 16.2. The third-order valence-corrected chi connectivity index (χ3v) is 5.27. The molecule has 1 N–H and O–H groups in total. The molecule has 0 atom stereocenters. The standard InChI is InChI=1S/C27H35NO6/c1-6-9-20-22(13-11-19-21(17-27(3,4)5)28-34-25(19)20)32-14-8-15-33-23-12-10-18(26(29)30)16-24(23)31-7-2/h10-13,16H,6-9,14-15,17H2,1-5H3,(H,29,30). The zero-order chi connectivity index (χ0) is 24.7. The van der Waals surface area contributed by atoms with Crippen molar-refractivity contribution in [3.05, 3.63) is 47.2 Å². The largest absolute Gasteiger partial charge is 0.493 e. The lowest BCUT2D eigenvalue weighted by atomic mass is 9.89. The molecule has 1 heterocycles. The van der Waals surface area contributed by atoms with Crippen LogP contribution in [0.15, 0.2) is 34.9 Å². The molecular formula is C27H35NO6. The number of aromatic carboxylic acids is 1. The summed E-state index contributed by atoms with van der Waals surface area (Å²) in [6.07, 6.45) is 3.32. The highest BCUT2D eigenvalue weighted by atomic mass is 16.5. The zero-order valence-corrected chi connectivity index (χ0v) is 20.8. The molecule has 184 valence electrons. The van der Waals surface area contributed by atoms with E-state index in [1.807, 2.05) is 19.1 Å². The Balaban J connectivity index is 1.63. The minimum atomic E-state index is -1.00. The molecule has 7 heteroatoms. The Morgan fingerprint density at radius 1 is 1.00 bits per heavy atom. The lowest BCUT2D eigenvalue weighted by Crippen LogP contribution is -2.09. The first-order valence-electron chi connectivity index (χ1n) is 11.9. The number of aryl methyl sites for hydroxylation is 1. The number of rotatable bonds is 12. The molecule has 0 amide bonds. The molecule has 0 aliphatic carbocycles. The Labute approximate surface area is 201 Å². The lowest BCUT2D eigenvalue weighted by Gasteiger charge is -2.16. The summed E-state index contributed by atoms with van der Waals surface area (Å²) in [4.78, 5) is 11.2. The molecular weight excluding hydrogens is 434 g/mol. The van der Waals surface area contributed by atoms with Gasteiger partial charge in [0.1, 0.15) is 5.75 Å². The van der Waals surface area contributed by atoms with Gasteiger partial charge in [0, 0.05) is 17.4 Å². The van der Waals surface area contributed by atoms with Gasteiger partial charge in [0.2, 0.25) is 0 Å². The highest BCUT2D eigenvalue weighted by Gasteiger charge is 2.20. The van der Waals surface area contributed by atoms with E-state index in [1.165, 1.54) is 12.1 Å². The molecule has 34 heavy (non-hydrogen) atoms. The van der Waals surface area contributed by atoms with Gasteiger partial charge >= 0.3 is 5.97 Å². The zero-order valence-electron chi connectivity index (χ0n) is 20.8. The van der Waals surface area contributed by atoms with Crippen LogP contribution in [0.1, 0.15) is 69.1 Å². The third-order valence-electron chi connectivity index (χ3n) is 5.27. The Hall–Kier alpha value is -3.22. The SMILES string of the molecule is CCCc1c(OCCCOc2ccc(C(=O)O)cc2OCC)ccc2c(CC(C)(C)C)noc12. The summed E-state index contributed by atoms with van der Waals surface area (Å²) in [5, 5.41) is 14.6. The smallest absolute Gasteiger partial charge is 0.335 e. The van der Waals surface area contributed by atoms with Gasteiger partial charge in [0.05, 0.1) is 31.1 Å². The van der Waals surface area contributed by atoms with Crippen molar-refractivity contribution in [2.75, 3.05) is 19.8 Å². The van der Waals surface area contributed by atoms with Gasteiger partial charge in [-0.1, -0.05) is 39.3 Å². The number of carbonyl (C=O) groups is 1. The minimum Gasteiger partial charge on any atom is -0.493 e. The number of carboxylic acids is 1. The van der Waals surface area contributed by atoms with Crippen molar-refractivity contribution < 1.29 is 28.6 Å². The van der Waals surface area contributed by atoms with Crippen molar-refractivity contribution in [2.24, 2.45) is 5.41 Å². The summed E-state index contributed by atoms with van der Waals surface area (Å²) in [5.41, 5.74) is 3.14. The molecule has 0 saturated heterocycles. The van der Waals surface area contributed by atoms with Gasteiger partial charge in [-0.05, 0) is 55.5 Å². The number of ether oxygens (including phenoxy) is 3. The Kier molecular flexibility index (Phi) is 8.42. The first kappa shape index (κ1) is 25.4. The second-order valence-electron chi connectivity index (χ2n) is 9.49. The number of aromatic nitrogens is 1. The molecule has 2 aromatic carbocycles. The number of hydrogen-bond acceptors (Lipinski definition) is 6. The molecule has 0 aliphatic rings. The number of benzene rings is 2. The fourth-order valence-electron chi connectivity index (χ4n) is 3.79. The molecule has 3 aromatic rings. The molecule has 0 bridgehead atoms. The van der Waals surface area contributed by atoms with Gasteiger partial charge in [0.15, 0.2) is 17.1 Å². The predicted octanol–water partition coefficient (Wildman–Crippen LogP) is 6.31. The maximum Gasteiger partial charge on any atom is 0.335 e. The lowest BCUT2D eigenvalue weighted by molar-refractivity contribution is 0.0696. The monoisotopic (exact) mass is 469 g/mol. The van der Waals surface area contributed by atoms with Gasteiger partial charge < -0.3 is 23.8 Å². The van der Waals surface area contributed by atoms with Crippen LogP contribution < -0.4 is 14.2 Å². The number of nitrogens with zero attached hydrogens (tertiary/aromatic N) is 1. The van der Waals surface area contributed by atoms with Crippen LogP contribution in [-0.2, 0) is 12.8 Å². The van der Waals surface area contributed by atoms with Crippen LogP contribution in [-0.4, -0.2) is 36.1 Å². The van der Waals surface area contributed by atoms with Crippen LogP contribution in [0, 0.1) is 5.41 Å². The van der Waals surface area contributed by atoms with E-state index in [4.69, 9.17) is 18.7 Å². The average Bonchev–Trinajstić information content (AvgIpc) is 3.17. The van der Waals surface area contributed by atoms with E-state index >= 15 is 0 Å². The molecule has 0 saturated carbocycles. The number of carboxylic acid groups (broad SMARTS) is 1. The van der Waals surface area contributed by atoms with Crippen LogP contribution in [0.4, 0.5) is 0 Å². The van der Waals surface area contributed by atoms with E-state index in [0.29, 0.717) is 37.7 Å². The highest BCUT2D eigenvalue weighted by molar-refractivity contribution is 5.88. The average molecular weight is 470 g/mol. The Morgan fingerprint density at radius 3 is 2.35 bits per heavy atom. The summed E-state index contributed by atoms with van der Waals surface area (Å²) in [6.45, 7) is 11.9. The third kappa shape index (κ3) is 6.43. The van der Waals surface area contributed by atoms with Crippen molar-refractivity contribution in [1.82, 2.24) is 5.16 Å². The maximum atomic E-state index is 11.2. The summed E-state index contributed by atoms with van der Waals surface area (Å²) in [6, 6.07) is 8.66. The molecule has 1 aromatic heterocycles. The van der Waals surface area contributed by atoms with Gasteiger partial charge in [0.25, 0.3) is 0 Å². The minimum absolute atomic E-state index is 0.125. The van der Waals surface area contributed by atoms with Crippen LogP contribution in [0.2, 0.25) is 0 Å². The highest BCUT2D eigenvalue weighted by Crippen LogP contribution is 2.34. The van der Waals surface area contributed by atoms with Gasteiger partial charge in [-0.3, -0.25) is 0 Å². The maximum absolute atomic E-state index is 11.2. The van der Waals surface area contributed by atoms with Crippen LogP contribution >= 0.6 is 0 Å². The van der Waals surface area contributed by atoms with E-state index in [0.717, 1.165) is 47.2 Å². The topological polar surface area (TPSA) is 91.0 Å². The molecule has 0 unspecified atom stereocenters. The summed E-state index contributed by atoms with van der Waals surface area (Å²) >= 11 is 0. The van der Waals surface area contributed by atoms with E-state index < -0.39 is 5.97 Å². The Morgan fingerprint density at radius 2 is 1.71 bits per heavy atom.